The van der Waals surface area contributed by atoms with Gasteiger partial charge in [0.25, 0.3) is 0 Å². The first kappa shape index (κ1) is 15.9. The van der Waals surface area contributed by atoms with Gasteiger partial charge in [-0.2, -0.15) is 0 Å². The fraction of sp³-hybridized carbons (Fsp3) is 0.455. The van der Waals surface area contributed by atoms with Gasteiger partial charge in [-0.3, -0.25) is 0 Å². The summed E-state index contributed by atoms with van der Waals surface area (Å²) in [5.41, 5.74) is 0. The molecule has 1 rings (SSSR count). The summed E-state index contributed by atoms with van der Waals surface area (Å²) < 4.78 is 1.05. The molecule has 1 aromatic heterocycles. The van der Waals surface area contributed by atoms with Crippen LogP contribution in [0.2, 0.25) is 0 Å². The molecule has 0 saturated carbocycles. The van der Waals surface area contributed by atoms with Crippen molar-refractivity contribution in [2.45, 2.75) is 18.9 Å². The van der Waals surface area contributed by atoms with Crippen molar-refractivity contribution in [3.8, 4) is 0 Å². The number of aliphatic hydroxyl groups is 1. The molecule has 19 heavy (non-hydrogen) atoms. The summed E-state index contributed by atoms with van der Waals surface area (Å²) in [6, 6.07) is 3.57. The van der Waals surface area contributed by atoms with Gasteiger partial charge in [-0.1, -0.05) is 0 Å². The Bertz CT molecular complexity index is 438. The average Bonchev–Trinajstić information content (AvgIpc) is 2.74. The SMILES string of the molecule is O=C(NCCc1ccc(Br)s1)NCC[C@H](O)C(=O)O. The van der Waals surface area contributed by atoms with Crippen LogP contribution in [0.15, 0.2) is 15.9 Å². The van der Waals surface area contributed by atoms with Crippen molar-refractivity contribution in [1.82, 2.24) is 10.6 Å². The van der Waals surface area contributed by atoms with Crippen LogP contribution in [0.4, 0.5) is 4.79 Å². The third kappa shape index (κ3) is 6.55. The number of hydrogen-bond donors (Lipinski definition) is 4. The zero-order chi connectivity index (χ0) is 14.3. The van der Waals surface area contributed by atoms with Crippen LogP contribution in [-0.4, -0.2) is 41.4 Å². The summed E-state index contributed by atoms with van der Waals surface area (Å²) in [7, 11) is 0. The van der Waals surface area contributed by atoms with Crippen LogP contribution in [0.5, 0.6) is 0 Å². The van der Waals surface area contributed by atoms with Crippen LogP contribution in [-0.2, 0) is 11.2 Å². The van der Waals surface area contributed by atoms with Gasteiger partial charge < -0.3 is 20.8 Å². The highest BCUT2D eigenvalue weighted by Crippen LogP contribution is 2.21. The Kier molecular flexibility index (Phi) is 6.82. The molecule has 0 spiro atoms. The Morgan fingerprint density at radius 3 is 2.58 bits per heavy atom. The fourth-order valence-electron chi connectivity index (χ4n) is 1.29. The van der Waals surface area contributed by atoms with Crippen LogP contribution in [0.25, 0.3) is 0 Å². The lowest BCUT2D eigenvalue weighted by atomic mass is 10.2. The lowest BCUT2D eigenvalue weighted by Crippen LogP contribution is -2.38. The first-order chi connectivity index (χ1) is 8.99. The molecular formula is C11H15BrN2O4S. The molecule has 6 nitrogen and oxygen atoms in total. The highest BCUT2D eigenvalue weighted by molar-refractivity contribution is 9.11. The normalized spacial score (nSPS) is 11.9. The Labute approximate surface area is 123 Å². The van der Waals surface area contributed by atoms with E-state index in [-0.39, 0.29) is 19.0 Å². The number of carbonyl (C=O) groups excluding carboxylic acids is 1. The molecule has 0 unspecified atom stereocenters. The number of amides is 2. The molecule has 4 N–H and O–H groups in total. The minimum Gasteiger partial charge on any atom is -0.479 e. The smallest absolute Gasteiger partial charge is 0.332 e. The maximum absolute atomic E-state index is 11.3. The predicted octanol–water partition coefficient (Wildman–Crippen LogP) is 1.19. The highest BCUT2D eigenvalue weighted by atomic mass is 79.9. The molecule has 1 aromatic rings. The fourth-order valence-corrected chi connectivity index (χ4v) is 2.78. The second-order valence-corrected chi connectivity index (χ2v) is 6.33. The largest absolute Gasteiger partial charge is 0.479 e. The van der Waals surface area contributed by atoms with Gasteiger partial charge in [-0.15, -0.1) is 11.3 Å². The minimum absolute atomic E-state index is 0.0133. The maximum atomic E-state index is 11.3. The molecule has 0 aliphatic carbocycles. The molecule has 0 radical (unpaired) electrons. The molecule has 8 heteroatoms. The number of nitrogens with one attached hydrogen (secondary N) is 2. The molecule has 0 aliphatic rings. The lowest BCUT2D eigenvalue weighted by Gasteiger charge is -2.08. The van der Waals surface area contributed by atoms with Crippen molar-refractivity contribution in [3.63, 3.8) is 0 Å². The number of carboxylic acid groups (broad SMARTS) is 1. The topological polar surface area (TPSA) is 98.7 Å². The molecule has 1 heterocycles. The number of aliphatic carboxylic acids is 1. The number of hydrogen-bond acceptors (Lipinski definition) is 4. The van der Waals surface area contributed by atoms with Gasteiger partial charge in [-0.25, -0.2) is 9.59 Å². The zero-order valence-corrected chi connectivity index (χ0v) is 12.5. The van der Waals surface area contributed by atoms with E-state index >= 15 is 0 Å². The van der Waals surface area contributed by atoms with Crippen molar-refractivity contribution in [2.75, 3.05) is 13.1 Å². The van der Waals surface area contributed by atoms with Gasteiger partial charge in [0.15, 0.2) is 6.10 Å². The Balaban J connectivity index is 2.10. The summed E-state index contributed by atoms with van der Waals surface area (Å²) in [5.74, 6) is -1.29. The number of aliphatic hydroxyl groups excluding tert-OH is 1. The summed E-state index contributed by atoms with van der Waals surface area (Å²) in [6.07, 6.45) is -0.717. The van der Waals surface area contributed by atoms with Crippen LogP contribution < -0.4 is 10.6 Å². The minimum atomic E-state index is -1.44. The van der Waals surface area contributed by atoms with Crippen molar-refractivity contribution in [3.05, 3.63) is 20.8 Å². The summed E-state index contributed by atoms with van der Waals surface area (Å²) in [5, 5.41) is 22.6. The third-order valence-corrected chi connectivity index (χ3v) is 3.96. The second-order valence-electron chi connectivity index (χ2n) is 3.78. The van der Waals surface area contributed by atoms with Crippen molar-refractivity contribution in [2.24, 2.45) is 0 Å². The van der Waals surface area contributed by atoms with Crippen LogP contribution in [0, 0.1) is 0 Å². The van der Waals surface area contributed by atoms with E-state index in [1.165, 1.54) is 0 Å². The van der Waals surface area contributed by atoms with Crippen molar-refractivity contribution >= 4 is 39.3 Å². The summed E-state index contributed by atoms with van der Waals surface area (Å²) in [4.78, 5) is 22.8. The van der Waals surface area contributed by atoms with E-state index in [0.29, 0.717) is 6.54 Å². The van der Waals surface area contributed by atoms with E-state index in [0.717, 1.165) is 15.1 Å². The van der Waals surface area contributed by atoms with Gasteiger partial charge in [0.05, 0.1) is 3.79 Å². The lowest BCUT2D eigenvalue weighted by molar-refractivity contribution is -0.146. The van der Waals surface area contributed by atoms with E-state index in [2.05, 4.69) is 26.6 Å². The van der Waals surface area contributed by atoms with Crippen LogP contribution >= 0.6 is 27.3 Å². The third-order valence-electron chi connectivity index (χ3n) is 2.27. The molecule has 106 valence electrons. The number of carbonyl (C=O) groups is 2. The van der Waals surface area contributed by atoms with Crippen LogP contribution in [0.3, 0.4) is 0 Å². The zero-order valence-electron chi connectivity index (χ0n) is 10.1. The van der Waals surface area contributed by atoms with E-state index < -0.39 is 12.1 Å². The predicted molar refractivity (Wildman–Crippen MR) is 75.4 cm³/mol. The molecule has 0 aliphatic heterocycles. The van der Waals surface area contributed by atoms with Crippen molar-refractivity contribution in [1.29, 1.82) is 0 Å². The van der Waals surface area contributed by atoms with E-state index in [1.807, 2.05) is 12.1 Å². The number of thiophene rings is 1. The van der Waals surface area contributed by atoms with E-state index in [1.54, 1.807) is 11.3 Å². The first-order valence-corrected chi connectivity index (χ1v) is 7.27. The van der Waals surface area contributed by atoms with Gasteiger partial charge in [0.1, 0.15) is 0 Å². The number of carboxylic acids is 1. The molecule has 0 saturated heterocycles. The molecule has 0 fully saturated rings. The highest BCUT2D eigenvalue weighted by Gasteiger charge is 2.12. The average molecular weight is 351 g/mol. The maximum Gasteiger partial charge on any atom is 0.332 e. The van der Waals surface area contributed by atoms with Gasteiger partial charge >= 0.3 is 12.0 Å². The van der Waals surface area contributed by atoms with Crippen LogP contribution in [0.1, 0.15) is 11.3 Å². The quantitative estimate of drug-likeness (QED) is 0.593. The molecule has 0 aromatic carbocycles. The first-order valence-electron chi connectivity index (χ1n) is 5.66. The summed E-state index contributed by atoms with van der Waals surface area (Å²) >= 11 is 4.97. The van der Waals surface area contributed by atoms with E-state index in [9.17, 15) is 9.59 Å². The Morgan fingerprint density at radius 1 is 1.32 bits per heavy atom. The molecular weight excluding hydrogens is 336 g/mol. The second kappa shape index (κ2) is 8.13. The monoisotopic (exact) mass is 350 g/mol. The molecule has 1 atom stereocenters. The van der Waals surface area contributed by atoms with Gasteiger partial charge in [0.2, 0.25) is 0 Å². The number of halogens is 1. The molecule has 2 amide bonds. The number of rotatable bonds is 7. The standard InChI is InChI=1S/C11H15BrN2O4S/c12-9-2-1-7(19-9)3-5-13-11(18)14-6-4-8(15)10(16)17/h1-2,8,15H,3-6H2,(H,16,17)(H2,13,14,18)/t8-/m0/s1. The Morgan fingerprint density at radius 2 is 2.00 bits per heavy atom. The summed E-state index contributed by atoms with van der Waals surface area (Å²) in [6.45, 7) is 0.615. The molecule has 0 bridgehead atoms. The van der Waals surface area contributed by atoms with Gasteiger partial charge in [-0.05, 0) is 34.5 Å². The van der Waals surface area contributed by atoms with Gasteiger partial charge in [0, 0.05) is 24.4 Å². The number of urea groups is 1. The Hall–Kier alpha value is -1.12. The van der Waals surface area contributed by atoms with E-state index in [4.69, 9.17) is 10.2 Å². The van der Waals surface area contributed by atoms with Crippen molar-refractivity contribution < 1.29 is 19.8 Å².